The highest BCUT2D eigenvalue weighted by molar-refractivity contribution is 5.90. The van der Waals surface area contributed by atoms with E-state index in [0.29, 0.717) is 6.54 Å². The summed E-state index contributed by atoms with van der Waals surface area (Å²) in [7, 11) is 0. The van der Waals surface area contributed by atoms with Crippen molar-refractivity contribution in [3.63, 3.8) is 0 Å². The van der Waals surface area contributed by atoms with E-state index < -0.39 is 0 Å². The lowest BCUT2D eigenvalue weighted by Gasteiger charge is -2.22. The van der Waals surface area contributed by atoms with Crippen molar-refractivity contribution in [3.05, 3.63) is 47.5 Å². The van der Waals surface area contributed by atoms with Crippen molar-refractivity contribution in [3.8, 4) is 0 Å². The molecule has 2 aliphatic rings. The minimum absolute atomic E-state index is 0.0268. The van der Waals surface area contributed by atoms with Crippen LogP contribution in [-0.2, 0) is 19.6 Å². The fourth-order valence-electron chi connectivity index (χ4n) is 3.88. The number of carbonyl (C=O) groups excluding carboxylic acids is 1. The molecule has 4 rings (SSSR count). The van der Waals surface area contributed by atoms with Crippen LogP contribution in [0.15, 0.2) is 30.6 Å². The summed E-state index contributed by atoms with van der Waals surface area (Å²) in [5, 5.41) is 3.07. The molecule has 2 amide bonds. The van der Waals surface area contributed by atoms with Crippen molar-refractivity contribution < 1.29 is 4.79 Å². The van der Waals surface area contributed by atoms with Gasteiger partial charge in [0.25, 0.3) is 0 Å². The maximum atomic E-state index is 12.8. The summed E-state index contributed by atoms with van der Waals surface area (Å²) in [4.78, 5) is 21.9. The number of benzene rings is 1. The van der Waals surface area contributed by atoms with E-state index in [1.165, 1.54) is 18.5 Å². The minimum atomic E-state index is -0.0268. The molecular formula is C20H27N5O. The molecule has 138 valence electrons. The van der Waals surface area contributed by atoms with Crippen molar-refractivity contribution in [2.24, 2.45) is 0 Å². The Bertz CT molecular complexity index is 778. The number of nitrogens with zero attached hydrogens (tertiary/aromatic N) is 4. The zero-order valence-electron chi connectivity index (χ0n) is 15.4. The Balaban J connectivity index is 1.49. The maximum absolute atomic E-state index is 12.8. The standard InChI is InChI=1S/C20H27N5O/c1-16-7-2-3-8-17(16)22-20(26)24-11-6-12-25-15-21-18(19(25)14-24)13-23-9-4-5-10-23/h2-3,7-8,15H,4-6,9-14H2,1H3,(H,22,26). The summed E-state index contributed by atoms with van der Waals surface area (Å²) < 4.78 is 2.23. The highest BCUT2D eigenvalue weighted by atomic mass is 16.2. The third-order valence-corrected chi connectivity index (χ3v) is 5.45. The van der Waals surface area contributed by atoms with Gasteiger partial charge in [-0.1, -0.05) is 18.2 Å². The number of hydrogen-bond donors (Lipinski definition) is 1. The molecule has 0 radical (unpaired) electrons. The lowest BCUT2D eigenvalue weighted by molar-refractivity contribution is 0.209. The van der Waals surface area contributed by atoms with E-state index in [2.05, 4.69) is 19.8 Å². The largest absolute Gasteiger partial charge is 0.333 e. The normalized spacial score (nSPS) is 17.8. The number of imidazole rings is 1. The summed E-state index contributed by atoms with van der Waals surface area (Å²) in [6, 6.07) is 7.88. The molecule has 1 aromatic heterocycles. The van der Waals surface area contributed by atoms with E-state index in [0.717, 1.165) is 56.1 Å². The van der Waals surface area contributed by atoms with Crippen molar-refractivity contribution in [2.75, 3.05) is 25.0 Å². The molecule has 1 saturated heterocycles. The maximum Gasteiger partial charge on any atom is 0.322 e. The minimum Gasteiger partial charge on any atom is -0.333 e. The average Bonchev–Trinajstić information content (AvgIpc) is 3.22. The molecule has 26 heavy (non-hydrogen) atoms. The first-order chi connectivity index (χ1) is 12.7. The van der Waals surface area contributed by atoms with Gasteiger partial charge in [-0.15, -0.1) is 0 Å². The Morgan fingerprint density at radius 1 is 1.12 bits per heavy atom. The fourth-order valence-corrected chi connectivity index (χ4v) is 3.88. The molecule has 0 atom stereocenters. The molecule has 1 aromatic carbocycles. The summed E-state index contributed by atoms with van der Waals surface area (Å²) in [6.45, 7) is 7.55. The fraction of sp³-hybridized carbons (Fsp3) is 0.500. The monoisotopic (exact) mass is 353 g/mol. The molecule has 1 N–H and O–H groups in total. The predicted octanol–water partition coefficient (Wildman–Crippen LogP) is 3.23. The second-order valence-electron chi connectivity index (χ2n) is 7.33. The number of hydrogen-bond acceptors (Lipinski definition) is 3. The summed E-state index contributed by atoms with van der Waals surface area (Å²) >= 11 is 0. The van der Waals surface area contributed by atoms with Gasteiger partial charge in [0.2, 0.25) is 0 Å². The molecule has 1 fully saturated rings. The number of nitrogens with one attached hydrogen (secondary N) is 1. The molecule has 2 aromatic rings. The highest BCUT2D eigenvalue weighted by Gasteiger charge is 2.24. The van der Waals surface area contributed by atoms with Crippen LogP contribution in [0, 0.1) is 6.92 Å². The van der Waals surface area contributed by atoms with Gasteiger partial charge >= 0.3 is 6.03 Å². The van der Waals surface area contributed by atoms with Crippen LogP contribution in [0.1, 0.15) is 36.2 Å². The number of anilines is 1. The van der Waals surface area contributed by atoms with E-state index in [9.17, 15) is 4.79 Å². The van der Waals surface area contributed by atoms with E-state index in [1.807, 2.05) is 42.4 Å². The summed E-state index contributed by atoms with van der Waals surface area (Å²) in [5.74, 6) is 0. The van der Waals surface area contributed by atoms with Crippen LogP contribution in [0.3, 0.4) is 0 Å². The molecule has 0 unspecified atom stereocenters. The second kappa shape index (κ2) is 7.50. The number of fused-ring (bicyclic) bond motifs is 1. The first-order valence-corrected chi connectivity index (χ1v) is 9.57. The molecule has 0 saturated carbocycles. The zero-order chi connectivity index (χ0) is 17.9. The van der Waals surface area contributed by atoms with Gasteiger partial charge in [0.15, 0.2) is 0 Å². The number of amides is 2. The molecule has 6 nitrogen and oxygen atoms in total. The molecule has 2 aliphatic heterocycles. The van der Waals surface area contributed by atoms with Crippen LogP contribution in [0.25, 0.3) is 0 Å². The van der Waals surface area contributed by atoms with Crippen LogP contribution in [0.4, 0.5) is 10.5 Å². The summed E-state index contributed by atoms with van der Waals surface area (Å²) in [5.41, 5.74) is 4.28. The lowest BCUT2D eigenvalue weighted by Crippen LogP contribution is -2.35. The van der Waals surface area contributed by atoms with Gasteiger partial charge in [0, 0.05) is 25.3 Å². The average molecular weight is 353 g/mol. The van der Waals surface area contributed by atoms with Crippen LogP contribution in [0.2, 0.25) is 0 Å². The van der Waals surface area contributed by atoms with E-state index in [4.69, 9.17) is 0 Å². The Labute approximate surface area is 154 Å². The molecule has 3 heterocycles. The van der Waals surface area contributed by atoms with Gasteiger partial charge in [0.05, 0.1) is 24.3 Å². The number of carbonyl (C=O) groups is 1. The number of aryl methyl sites for hydroxylation is 2. The lowest BCUT2D eigenvalue weighted by atomic mass is 10.2. The van der Waals surface area contributed by atoms with Crippen molar-refractivity contribution in [1.29, 1.82) is 0 Å². The van der Waals surface area contributed by atoms with Gasteiger partial charge in [-0.05, 0) is 50.9 Å². The van der Waals surface area contributed by atoms with E-state index >= 15 is 0 Å². The first-order valence-electron chi connectivity index (χ1n) is 9.57. The Hall–Kier alpha value is -2.34. The van der Waals surface area contributed by atoms with Crippen LogP contribution in [0.5, 0.6) is 0 Å². The van der Waals surface area contributed by atoms with Crippen molar-refractivity contribution in [1.82, 2.24) is 19.4 Å². The van der Waals surface area contributed by atoms with Crippen molar-refractivity contribution in [2.45, 2.75) is 45.8 Å². The number of aromatic nitrogens is 2. The Morgan fingerprint density at radius 2 is 1.92 bits per heavy atom. The van der Waals surface area contributed by atoms with Crippen LogP contribution < -0.4 is 5.32 Å². The smallest absolute Gasteiger partial charge is 0.322 e. The highest BCUT2D eigenvalue weighted by Crippen LogP contribution is 2.21. The third kappa shape index (κ3) is 3.60. The van der Waals surface area contributed by atoms with Crippen molar-refractivity contribution >= 4 is 11.7 Å². The van der Waals surface area contributed by atoms with Gasteiger partial charge in [-0.3, -0.25) is 4.90 Å². The second-order valence-corrected chi connectivity index (χ2v) is 7.33. The predicted molar refractivity (Wildman–Crippen MR) is 102 cm³/mol. The third-order valence-electron chi connectivity index (χ3n) is 5.45. The van der Waals surface area contributed by atoms with Gasteiger partial charge in [0.1, 0.15) is 0 Å². The number of rotatable bonds is 3. The first kappa shape index (κ1) is 17.1. The molecule has 0 bridgehead atoms. The van der Waals surface area contributed by atoms with Gasteiger partial charge in [-0.25, -0.2) is 9.78 Å². The molecule has 0 spiro atoms. The van der Waals surface area contributed by atoms with Crippen LogP contribution >= 0.6 is 0 Å². The SMILES string of the molecule is Cc1ccccc1NC(=O)N1CCCn2cnc(CN3CCCC3)c2C1. The number of urea groups is 1. The van der Waals surface area contributed by atoms with Gasteiger partial charge in [-0.2, -0.15) is 0 Å². The van der Waals surface area contributed by atoms with E-state index in [1.54, 1.807) is 0 Å². The van der Waals surface area contributed by atoms with Crippen LogP contribution in [-0.4, -0.2) is 45.0 Å². The molecule has 0 aliphatic carbocycles. The Kier molecular flexibility index (Phi) is 4.93. The zero-order valence-corrected chi connectivity index (χ0v) is 15.4. The quantitative estimate of drug-likeness (QED) is 0.922. The molecule has 6 heteroatoms. The summed E-state index contributed by atoms with van der Waals surface area (Å²) in [6.07, 6.45) is 5.46. The van der Waals surface area contributed by atoms with Gasteiger partial charge < -0.3 is 14.8 Å². The Morgan fingerprint density at radius 3 is 2.73 bits per heavy atom. The topological polar surface area (TPSA) is 53.4 Å². The molecular weight excluding hydrogens is 326 g/mol. The number of likely N-dealkylation sites (tertiary alicyclic amines) is 1. The van der Waals surface area contributed by atoms with E-state index in [-0.39, 0.29) is 6.03 Å². The number of para-hydroxylation sites is 1.